The van der Waals surface area contributed by atoms with Gasteiger partial charge >= 0.3 is 0 Å². The van der Waals surface area contributed by atoms with Gasteiger partial charge in [-0.2, -0.15) is 0 Å². The van der Waals surface area contributed by atoms with Crippen molar-refractivity contribution in [1.82, 2.24) is 15.3 Å². The van der Waals surface area contributed by atoms with E-state index in [1.165, 1.54) is 5.56 Å². The fourth-order valence-electron chi connectivity index (χ4n) is 2.03. The first-order valence-electron chi connectivity index (χ1n) is 6.23. The SMILES string of the molecule is CCNC(Cc1ccnc(N)c1)c1cncc(Br)c1. The number of likely N-dealkylation sites (N-methyl/N-ethyl adjacent to an activating group) is 1. The summed E-state index contributed by atoms with van der Waals surface area (Å²) in [6.45, 7) is 3.00. The molecule has 0 aliphatic rings. The first-order valence-corrected chi connectivity index (χ1v) is 7.02. The third-order valence-corrected chi connectivity index (χ3v) is 3.30. The summed E-state index contributed by atoms with van der Waals surface area (Å²) in [6.07, 6.45) is 6.28. The van der Waals surface area contributed by atoms with E-state index in [4.69, 9.17) is 5.73 Å². The molecule has 2 aromatic rings. The van der Waals surface area contributed by atoms with Gasteiger partial charge in [-0.15, -0.1) is 0 Å². The van der Waals surface area contributed by atoms with Gasteiger partial charge in [0.15, 0.2) is 0 Å². The van der Waals surface area contributed by atoms with E-state index in [1.807, 2.05) is 18.3 Å². The van der Waals surface area contributed by atoms with Crippen molar-refractivity contribution >= 4 is 21.7 Å². The molecule has 19 heavy (non-hydrogen) atoms. The molecule has 2 aromatic heterocycles. The summed E-state index contributed by atoms with van der Waals surface area (Å²) in [6, 6.07) is 6.21. The predicted molar refractivity (Wildman–Crippen MR) is 80.7 cm³/mol. The van der Waals surface area contributed by atoms with Crippen molar-refractivity contribution in [3.63, 3.8) is 0 Å². The normalized spacial score (nSPS) is 12.3. The van der Waals surface area contributed by atoms with Crippen molar-refractivity contribution in [1.29, 1.82) is 0 Å². The van der Waals surface area contributed by atoms with E-state index in [9.17, 15) is 0 Å². The number of pyridine rings is 2. The van der Waals surface area contributed by atoms with Gasteiger partial charge in [-0.25, -0.2) is 4.98 Å². The Kier molecular flexibility index (Phi) is 4.87. The van der Waals surface area contributed by atoms with Crippen molar-refractivity contribution in [3.05, 3.63) is 52.4 Å². The van der Waals surface area contributed by atoms with Crippen LogP contribution in [0.3, 0.4) is 0 Å². The molecule has 1 unspecified atom stereocenters. The van der Waals surface area contributed by atoms with E-state index in [-0.39, 0.29) is 6.04 Å². The maximum Gasteiger partial charge on any atom is 0.123 e. The second-order valence-electron chi connectivity index (χ2n) is 4.34. The third-order valence-electron chi connectivity index (χ3n) is 2.86. The number of nitrogens with one attached hydrogen (secondary N) is 1. The van der Waals surface area contributed by atoms with Crippen LogP contribution < -0.4 is 11.1 Å². The number of aromatic nitrogens is 2. The van der Waals surface area contributed by atoms with Crippen LogP contribution in [0.5, 0.6) is 0 Å². The van der Waals surface area contributed by atoms with Gasteiger partial charge in [0.1, 0.15) is 5.82 Å². The second kappa shape index (κ2) is 6.63. The molecule has 2 heterocycles. The molecule has 0 aromatic carbocycles. The van der Waals surface area contributed by atoms with E-state index >= 15 is 0 Å². The monoisotopic (exact) mass is 320 g/mol. The van der Waals surface area contributed by atoms with Crippen LogP contribution in [0.15, 0.2) is 41.3 Å². The smallest absolute Gasteiger partial charge is 0.123 e. The van der Waals surface area contributed by atoms with Crippen LogP contribution in [0.2, 0.25) is 0 Å². The number of anilines is 1. The zero-order chi connectivity index (χ0) is 13.7. The third kappa shape index (κ3) is 4.01. The summed E-state index contributed by atoms with van der Waals surface area (Å²) in [7, 11) is 0. The molecule has 3 N–H and O–H groups in total. The Bertz CT molecular complexity index is 544. The Balaban J connectivity index is 2.21. The summed E-state index contributed by atoms with van der Waals surface area (Å²) < 4.78 is 0.988. The standard InChI is InChI=1S/C14H17BrN4/c1-2-18-13(11-7-12(15)9-17-8-11)5-10-3-4-19-14(16)6-10/h3-4,6-9,13,18H,2,5H2,1H3,(H2,16,19). The number of nitrogens with two attached hydrogens (primary N) is 1. The zero-order valence-corrected chi connectivity index (χ0v) is 12.4. The molecule has 0 aliphatic heterocycles. The Hall–Kier alpha value is -1.46. The van der Waals surface area contributed by atoms with Gasteiger partial charge in [-0.3, -0.25) is 4.98 Å². The number of hydrogen-bond donors (Lipinski definition) is 2. The van der Waals surface area contributed by atoms with Crippen LogP contribution >= 0.6 is 15.9 Å². The van der Waals surface area contributed by atoms with Gasteiger partial charge in [0.2, 0.25) is 0 Å². The highest BCUT2D eigenvalue weighted by Gasteiger charge is 2.12. The largest absolute Gasteiger partial charge is 0.384 e. The van der Waals surface area contributed by atoms with Crippen molar-refractivity contribution in [2.24, 2.45) is 0 Å². The maximum atomic E-state index is 5.72. The fraction of sp³-hybridized carbons (Fsp3) is 0.286. The summed E-state index contributed by atoms with van der Waals surface area (Å²) in [4.78, 5) is 8.24. The molecule has 1 atom stereocenters. The molecule has 0 fully saturated rings. The van der Waals surface area contributed by atoms with Gasteiger partial charge in [0, 0.05) is 29.1 Å². The summed E-state index contributed by atoms with van der Waals surface area (Å²) in [5, 5.41) is 3.47. The minimum Gasteiger partial charge on any atom is -0.384 e. The number of nitrogens with zero attached hydrogens (tertiary/aromatic N) is 2. The summed E-state index contributed by atoms with van der Waals surface area (Å²) >= 11 is 3.46. The lowest BCUT2D eigenvalue weighted by atomic mass is 10.0. The number of hydrogen-bond acceptors (Lipinski definition) is 4. The minimum absolute atomic E-state index is 0.219. The highest BCUT2D eigenvalue weighted by atomic mass is 79.9. The fourth-order valence-corrected chi connectivity index (χ4v) is 2.41. The summed E-state index contributed by atoms with van der Waals surface area (Å²) in [5.41, 5.74) is 8.04. The van der Waals surface area contributed by atoms with Gasteiger partial charge in [-0.1, -0.05) is 6.92 Å². The molecule has 2 rings (SSSR count). The van der Waals surface area contributed by atoms with Crippen molar-refractivity contribution in [2.45, 2.75) is 19.4 Å². The molecule has 100 valence electrons. The molecule has 4 nitrogen and oxygen atoms in total. The highest BCUT2D eigenvalue weighted by molar-refractivity contribution is 9.10. The molecule has 0 saturated heterocycles. The zero-order valence-electron chi connectivity index (χ0n) is 10.8. The van der Waals surface area contributed by atoms with Crippen LogP contribution in [0.1, 0.15) is 24.1 Å². The van der Waals surface area contributed by atoms with Crippen molar-refractivity contribution in [3.8, 4) is 0 Å². The predicted octanol–water partition coefficient (Wildman–Crippen LogP) is 2.71. The van der Waals surface area contributed by atoms with Gasteiger partial charge in [0.05, 0.1) is 0 Å². The lowest BCUT2D eigenvalue weighted by Gasteiger charge is -2.18. The molecule has 0 saturated carbocycles. The molecular formula is C14H17BrN4. The Labute approximate surface area is 121 Å². The lowest BCUT2D eigenvalue weighted by molar-refractivity contribution is 0.548. The van der Waals surface area contributed by atoms with Crippen LogP contribution in [-0.4, -0.2) is 16.5 Å². The van der Waals surface area contributed by atoms with Gasteiger partial charge < -0.3 is 11.1 Å². The Morgan fingerprint density at radius 1 is 1.37 bits per heavy atom. The molecule has 0 radical (unpaired) electrons. The lowest BCUT2D eigenvalue weighted by Crippen LogP contribution is -2.23. The first kappa shape index (κ1) is 14.0. The van der Waals surface area contributed by atoms with Crippen LogP contribution in [0.25, 0.3) is 0 Å². The molecule has 5 heteroatoms. The second-order valence-corrected chi connectivity index (χ2v) is 5.26. The average Bonchev–Trinajstić information content (AvgIpc) is 2.38. The topological polar surface area (TPSA) is 63.8 Å². The molecule has 0 amide bonds. The number of nitrogen functional groups attached to an aromatic ring is 1. The average molecular weight is 321 g/mol. The summed E-state index contributed by atoms with van der Waals surface area (Å²) in [5.74, 6) is 0.556. The van der Waals surface area contributed by atoms with Gasteiger partial charge in [-0.05, 0) is 58.2 Å². The molecule has 0 bridgehead atoms. The number of rotatable bonds is 5. The van der Waals surface area contributed by atoms with Crippen LogP contribution in [0.4, 0.5) is 5.82 Å². The van der Waals surface area contributed by atoms with E-state index in [0.29, 0.717) is 5.82 Å². The van der Waals surface area contributed by atoms with E-state index in [1.54, 1.807) is 12.4 Å². The Morgan fingerprint density at radius 2 is 2.21 bits per heavy atom. The first-order chi connectivity index (χ1) is 9.19. The van der Waals surface area contributed by atoms with Crippen molar-refractivity contribution < 1.29 is 0 Å². The quantitative estimate of drug-likeness (QED) is 0.889. The highest BCUT2D eigenvalue weighted by Crippen LogP contribution is 2.21. The van der Waals surface area contributed by atoms with E-state index in [0.717, 1.165) is 23.0 Å². The molecule has 0 aliphatic carbocycles. The van der Waals surface area contributed by atoms with E-state index < -0.39 is 0 Å². The molecule has 0 spiro atoms. The van der Waals surface area contributed by atoms with Crippen LogP contribution in [-0.2, 0) is 6.42 Å². The minimum atomic E-state index is 0.219. The maximum absolute atomic E-state index is 5.72. The van der Waals surface area contributed by atoms with Gasteiger partial charge in [0.25, 0.3) is 0 Å². The van der Waals surface area contributed by atoms with Crippen molar-refractivity contribution in [2.75, 3.05) is 12.3 Å². The van der Waals surface area contributed by atoms with Crippen LogP contribution in [0, 0.1) is 0 Å². The number of halogens is 1. The van der Waals surface area contributed by atoms with E-state index in [2.05, 4.69) is 44.2 Å². The Morgan fingerprint density at radius 3 is 2.89 bits per heavy atom. The molecular weight excluding hydrogens is 304 g/mol.